The molecule has 8 heteroatoms. The predicted octanol–water partition coefficient (Wildman–Crippen LogP) is 6.35. The number of pyridine rings is 1. The Morgan fingerprint density at radius 3 is 2.05 bits per heavy atom. The molecule has 5 N–H and O–H groups in total. The predicted molar refractivity (Wildman–Crippen MR) is 153 cm³/mol. The molecule has 0 aliphatic rings. The van der Waals surface area contributed by atoms with E-state index in [2.05, 4.69) is 10.3 Å². The number of benzene rings is 4. The van der Waals surface area contributed by atoms with E-state index in [1.807, 2.05) is 60.7 Å². The van der Waals surface area contributed by atoms with E-state index in [0.717, 1.165) is 11.1 Å². The topological polar surface area (TPSA) is 108 Å². The first-order valence-corrected chi connectivity index (χ1v) is 12.6. The van der Waals surface area contributed by atoms with Crippen LogP contribution in [0.3, 0.4) is 0 Å². The Balaban J connectivity index is 1.44. The van der Waals surface area contributed by atoms with Crippen molar-refractivity contribution in [2.24, 2.45) is 0 Å². The van der Waals surface area contributed by atoms with Crippen LogP contribution in [0.4, 0.5) is 5.69 Å². The lowest BCUT2D eigenvalue weighted by Crippen LogP contribution is -2.29. The molecule has 190 valence electrons. The van der Waals surface area contributed by atoms with Gasteiger partial charge in [0.1, 0.15) is 0 Å². The lowest BCUT2D eigenvalue weighted by atomic mass is 9.91. The summed E-state index contributed by atoms with van der Waals surface area (Å²) in [5, 5.41) is 14.3. The highest BCUT2D eigenvalue weighted by atomic mass is 35.5. The third kappa shape index (κ3) is 4.96. The van der Waals surface area contributed by atoms with Gasteiger partial charge in [-0.15, -0.1) is 0 Å². The number of hydrogen-bond donors (Lipinski definition) is 4. The van der Waals surface area contributed by atoms with E-state index in [1.165, 1.54) is 18.2 Å². The number of aromatic amines is 1. The maximum atomic E-state index is 13.1. The summed E-state index contributed by atoms with van der Waals surface area (Å²) in [6.07, 6.45) is 0. The van der Waals surface area contributed by atoms with Crippen LogP contribution in [0.2, 0.25) is 10.0 Å². The number of nitrogens with one attached hydrogen (secondary N) is 2. The van der Waals surface area contributed by atoms with Crippen LogP contribution < -0.4 is 16.5 Å². The van der Waals surface area contributed by atoms with Gasteiger partial charge >= 0.3 is 0 Å². The quantitative estimate of drug-likeness (QED) is 0.187. The SMILES string of the molecule is Nc1c(Cl)cc(-c2[nH]c3ccc(C(=O)NCC(c4ccccc4)c4ccccc4)cc3c(=O)c2O)cc1Cl. The number of hydrogen-bond acceptors (Lipinski definition) is 4. The summed E-state index contributed by atoms with van der Waals surface area (Å²) in [6.45, 7) is 0.365. The molecule has 5 aromatic rings. The summed E-state index contributed by atoms with van der Waals surface area (Å²) in [4.78, 5) is 29.2. The molecule has 5 rings (SSSR count). The van der Waals surface area contributed by atoms with E-state index in [1.54, 1.807) is 12.1 Å². The minimum atomic E-state index is -0.626. The number of nitrogens with two attached hydrogens (primary N) is 1. The minimum absolute atomic E-state index is 0.0460. The number of aromatic hydroxyl groups is 1. The zero-order valence-electron chi connectivity index (χ0n) is 20.0. The Morgan fingerprint density at radius 2 is 1.47 bits per heavy atom. The fourth-order valence-corrected chi connectivity index (χ4v) is 4.94. The van der Waals surface area contributed by atoms with E-state index in [0.29, 0.717) is 23.2 Å². The van der Waals surface area contributed by atoms with Crippen molar-refractivity contribution in [1.29, 1.82) is 0 Å². The van der Waals surface area contributed by atoms with Crippen LogP contribution in [-0.4, -0.2) is 22.5 Å². The number of amides is 1. The highest BCUT2D eigenvalue weighted by Gasteiger charge is 2.19. The van der Waals surface area contributed by atoms with Crippen LogP contribution in [0.1, 0.15) is 27.4 Å². The van der Waals surface area contributed by atoms with Crippen LogP contribution in [0, 0.1) is 0 Å². The fourth-order valence-electron chi connectivity index (χ4n) is 4.45. The number of anilines is 1. The van der Waals surface area contributed by atoms with Gasteiger partial charge in [-0.3, -0.25) is 9.59 Å². The van der Waals surface area contributed by atoms with Crippen LogP contribution >= 0.6 is 23.2 Å². The summed E-state index contributed by atoms with van der Waals surface area (Å²) in [5.41, 5.74) is 8.83. The molecule has 1 aromatic heterocycles. The largest absolute Gasteiger partial charge is 0.503 e. The molecule has 1 heterocycles. The first-order valence-electron chi connectivity index (χ1n) is 11.9. The second-order valence-corrected chi connectivity index (χ2v) is 9.69. The van der Waals surface area contributed by atoms with Gasteiger partial charge < -0.3 is 21.1 Å². The molecule has 4 aromatic carbocycles. The Morgan fingerprint density at radius 1 is 0.895 bits per heavy atom. The molecule has 38 heavy (non-hydrogen) atoms. The molecule has 0 spiro atoms. The van der Waals surface area contributed by atoms with Gasteiger partial charge in [-0.05, 0) is 41.5 Å². The number of carbonyl (C=O) groups is 1. The molecule has 0 aliphatic heterocycles. The maximum Gasteiger partial charge on any atom is 0.251 e. The monoisotopic (exact) mass is 543 g/mol. The van der Waals surface area contributed by atoms with E-state index in [-0.39, 0.29) is 38.6 Å². The zero-order valence-corrected chi connectivity index (χ0v) is 21.6. The van der Waals surface area contributed by atoms with Gasteiger partial charge in [0.15, 0.2) is 5.75 Å². The number of aromatic nitrogens is 1. The first kappa shape index (κ1) is 25.4. The Labute approximate surface area is 228 Å². The highest BCUT2D eigenvalue weighted by molar-refractivity contribution is 6.39. The molecule has 0 unspecified atom stereocenters. The van der Waals surface area contributed by atoms with Gasteiger partial charge in [0.2, 0.25) is 5.43 Å². The highest BCUT2D eigenvalue weighted by Crippen LogP contribution is 2.35. The summed E-state index contributed by atoms with van der Waals surface area (Å²) >= 11 is 12.3. The van der Waals surface area contributed by atoms with Gasteiger partial charge in [-0.25, -0.2) is 0 Å². The maximum absolute atomic E-state index is 13.1. The molecule has 0 saturated carbocycles. The lowest BCUT2D eigenvalue weighted by molar-refractivity contribution is 0.0952. The molecule has 6 nitrogen and oxygen atoms in total. The number of fused-ring (bicyclic) bond motifs is 1. The van der Waals surface area contributed by atoms with E-state index < -0.39 is 11.2 Å². The van der Waals surface area contributed by atoms with Crippen molar-refractivity contribution in [2.75, 3.05) is 12.3 Å². The van der Waals surface area contributed by atoms with E-state index in [9.17, 15) is 14.7 Å². The van der Waals surface area contributed by atoms with Crippen LogP contribution in [-0.2, 0) is 0 Å². The first-order chi connectivity index (χ1) is 18.3. The van der Waals surface area contributed by atoms with Crippen LogP contribution in [0.25, 0.3) is 22.2 Å². The fraction of sp³-hybridized carbons (Fsp3) is 0.0667. The van der Waals surface area contributed by atoms with E-state index in [4.69, 9.17) is 28.9 Å². The summed E-state index contributed by atoms with van der Waals surface area (Å²) < 4.78 is 0. The number of H-pyrrole nitrogens is 1. The minimum Gasteiger partial charge on any atom is -0.503 e. The smallest absolute Gasteiger partial charge is 0.251 e. The molecule has 0 fully saturated rings. The third-order valence-electron chi connectivity index (χ3n) is 6.48. The molecule has 0 aliphatic carbocycles. The number of nitrogen functional groups attached to an aromatic ring is 1. The third-order valence-corrected chi connectivity index (χ3v) is 7.10. The van der Waals surface area contributed by atoms with Crippen LogP contribution in [0.15, 0.2) is 95.8 Å². The van der Waals surface area contributed by atoms with Gasteiger partial charge in [0.05, 0.1) is 32.3 Å². The lowest BCUT2D eigenvalue weighted by Gasteiger charge is -2.19. The van der Waals surface area contributed by atoms with Gasteiger partial charge in [-0.1, -0.05) is 83.9 Å². The second kappa shape index (κ2) is 10.6. The van der Waals surface area contributed by atoms with Crippen LogP contribution in [0.5, 0.6) is 5.75 Å². The summed E-state index contributed by atoms with van der Waals surface area (Å²) in [6, 6.07) is 27.6. The molecule has 0 saturated heterocycles. The average molecular weight is 544 g/mol. The summed E-state index contributed by atoms with van der Waals surface area (Å²) in [7, 11) is 0. The van der Waals surface area contributed by atoms with Crippen molar-refractivity contribution < 1.29 is 9.90 Å². The van der Waals surface area contributed by atoms with Crippen molar-refractivity contribution in [3.63, 3.8) is 0 Å². The Kier molecular flexibility index (Phi) is 7.09. The van der Waals surface area contributed by atoms with Crippen molar-refractivity contribution in [2.45, 2.75) is 5.92 Å². The van der Waals surface area contributed by atoms with Crippen molar-refractivity contribution in [3.8, 4) is 17.0 Å². The second-order valence-electron chi connectivity index (χ2n) is 8.88. The van der Waals surface area contributed by atoms with Gasteiger partial charge in [0.25, 0.3) is 5.91 Å². The normalized spacial score (nSPS) is 11.1. The van der Waals surface area contributed by atoms with E-state index >= 15 is 0 Å². The molecule has 0 radical (unpaired) electrons. The molecule has 0 atom stereocenters. The molecule has 0 bridgehead atoms. The summed E-state index contributed by atoms with van der Waals surface area (Å²) in [5.74, 6) is -0.889. The molecule has 1 amide bonds. The number of carbonyl (C=O) groups excluding carboxylic acids is 1. The Bertz CT molecular complexity index is 1640. The standard InChI is InChI=1S/C30H23Cl2N3O3/c31-23-14-20(15-24(32)26(23)33)27-29(37)28(36)21-13-19(11-12-25(21)35-27)30(38)34-16-22(17-7-3-1-4-8-17)18-9-5-2-6-10-18/h1-15,22,37H,16,33H2,(H,34,38)(H,35,36). The molecular formula is C30H23Cl2N3O3. The number of halogens is 2. The number of rotatable bonds is 6. The zero-order chi connectivity index (χ0) is 26.8. The van der Waals surface area contributed by atoms with Crippen molar-refractivity contribution >= 4 is 45.7 Å². The van der Waals surface area contributed by atoms with Crippen molar-refractivity contribution in [1.82, 2.24) is 10.3 Å². The van der Waals surface area contributed by atoms with Gasteiger partial charge in [0, 0.05) is 23.6 Å². The Hall–Kier alpha value is -4.26. The van der Waals surface area contributed by atoms with Gasteiger partial charge in [-0.2, -0.15) is 0 Å². The van der Waals surface area contributed by atoms with Crippen molar-refractivity contribution in [3.05, 3.63) is 128 Å². The molecular weight excluding hydrogens is 521 g/mol. The average Bonchev–Trinajstić information content (AvgIpc) is 2.94.